The number of hydrogen-bond acceptors (Lipinski definition) is 18. The maximum Gasteiger partial charge on any atom is 0.417 e. The Bertz CT molecular complexity index is 5260. The van der Waals surface area contributed by atoms with Crippen LogP contribution in [-0.2, 0) is 82.1 Å². The molecule has 0 saturated carbocycles. The summed E-state index contributed by atoms with van der Waals surface area (Å²) < 4.78 is 34.6. The van der Waals surface area contributed by atoms with E-state index in [-0.39, 0.29) is 78.0 Å². The van der Waals surface area contributed by atoms with Crippen LogP contribution in [0.25, 0.3) is 32.7 Å². The summed E-state index contributed by atoms with van der Waals surface area (Å²) in [6.45, 7) is 5.79. The Morgan fingerprint density at radius 3 is 0.819 bits per heavy atom. The summed E-state index contributed by atoms with van der Waals surface area (Å²) >= 11 is 0. The highest BCUT2D eigenvalue weighted by molar-refractivity contribution is 6.08. The fraction of sp³-hybridized carbons (Fsp3) is 0.310. The fourth-order valence-corrected chi connectivity index (χ4v) is 16.3. The number of hydrogen-bond donors (Lipinski definition) is 6. The van der Waals surface area contributed by atoms with Crippen LogP contribution in [0.4, 0.5) is 31.4 Å². The molecule has 12 rings (SSSR count). The molecule has 0 aliphatic carbocycles. The van der Waals surface area contributed by atoms with Crippen LogP contribution in [0.2, 0.25) is 0 Å². The van der Waals surface area contributed by atoms with Crippen LogP contribution in [-0.4, -0.2) is 164 Å². The quantitative estimate of drug-likeness (QED) is 0.0118. The zero-order chi connectivity index (χ0) is 90.4. The lowest BCUT2D eigenvalue weighted by Gasteiger charge is -2.32. The summed E-state index contributed by atoms with van der Waals surface area (Å²) in [5.74, 6) is -2.75. The first-order valence-electron chi connectivity index (χ1n) is 42.7. The Hall–Kier alpha value is -13.9. The minimum Gasteiger partial charge on any atom is -0.497 e. The second-order valence-corrected chi connectivity index (χ2v) is 31.7. The van der Waals surface area contributed by atoms with E-state index < -0.39 is 77.8 Å². The van der Waals surface area contributed by atoms with Gasteiger partial charge in [0.25, 0.3) is 0 Å². The number of likely N-dealkylation sites (N-methyl/N-ethyl adjacent to an activating group) is 3. The molecule has 3 atom stereocenters. The van der Waals surface area contributed by atoms with E-state index in [1.807, 2.05) is 112 Å². The average molecular weight is 1720 g/mol. The van der Waals surface area contributed by atoms with E-state index in [1.54, 1.807) is 170 Å². The molecule has 0 spiro atoms. The van der Waals surface area contributed by atoms with Crippen molar-refractivity contribution in [3.63, 3.8) is 0 Å². The van der Waals surface area contributed by atoms with E-state index in [4.69, 9.17) is 45.6 Å². The molecule has 0 aliphatic heterocycles. The number of unbranched alkanes of at least 4 members (excludes halogenated alkanes) is 3. The largest absolute Gasteiger partial charge is 0.497 e. The topological polar surface area (TPSA) is 354 Å². The number of imide groups is 3. The normalized spacial score (nSPS) is 12.0. The Kier molecular flexibility index (Phi) is 31.7. The molecule has 0 aliphatic rings. The number of aryl methyl sites for hydroxylation is 3. The molecule has 0 saturated heterocycles. The molecule has 27 heteroatoms. The zero-order valence-electron chi connectivity index (χ0n) is 73.4. The van der Waals surface area contributed by atoms with Crippen molar-refractivity contribution in [3.8, 4) is 17.2 Å². The number of nitrogens with zero attached hydrogens (tertiary/aromatic N) is 6. The van der Waals surface area contributed by atoms with E-state index in [0.717, 1.165) is 31.2 Å². The van der Waals surface area contributed by atoms with Crippen LogP contribution >= 0.6 is 0 Å². The summed E-state index contributed by atoms with van der Waals surface area (Å²) in [5, 5.41) is 2.12. The minimum atomic E-state index is -1.37. The lowest BCUT2D eigenvalue weighted by atomic mass is 9.85. The SMILES string of the molecule is COc1ccc2[nH]c(C)c(CC(=O)N(C(=O)OCc3ccccc3)[C@H](CCCCN)C(=O)N(C)c3ccc(C(c4ccc(N(C)C(=O)[C@@H](CCCCN)N(C(=O)Cc5c(C)[nH]c6ccc(OC)cc56)C(=O)OCc5ccccc5)cc4)c4ccc(N(C)C(=O)[C@@H](CCCCN)N(C(=O)Cc5c(C)[nH]c6ccc(OC)cc56)C(=O)OCc5ccccc5)cc4)cc3)c2c1. The highest BCUT2D eigenvalue weighted by Crippen LogP contribution is 2.38. The molecule has 3 aromatic heterocycles. The molecule has 0 unspecified atom stereocenters. The molecule has 3 heterocycles. The summed E-state index contributed by atoms with van der Waals surface area (Å²) in [6, 6.07) is 61.1. The van der Waals surface area contributed by atoms with Gasteiger partial charge >= 0.3 is 18.3 Å². The predicted octanol–water partition coefficient (Wildman–Crippen LogP) is 15.9. The van der Waals surface area contributed by atoms with E-state index in [2.05, 4.69) is 15.0 Å². The van der Waals surface area contributed by atoms with Crippen LogP contribution in [0.1, 0.15) is 131 Å². The molecular formula is C100H112N12O15. The second kappa shape index (κ2) is 43.6. The third-order valence-electron chi connectivity index (χ3n) is 23.4. The number of rotatable bonds is 39. The summed E-state index contributed by atoms with van der Waals surface area (Å²) in [7, 11) is 9.38. The van der Waals surface area contributed by atoms with Gasteiger partial charge in [0.1, 0.15) is 55.2 Å². The molecule has 27 nitrogen and oxygen atoms in total. The van der Waals surface area contributed by atoms with Gasteiger partial charge in [-0.25, -0.2) is 29.1 Å². The van der Waals surface area contributed by atoms with Gasteiger partial charge in [-0.05, 0) is 239 Å². The van der Waals surface area contributed by atoms with Gasteiger partial charge in [0, 0.05) is 93.9 Å². The molecular weight excluding hydrogens is 1610 g/mol. The van der Waals surface area contributed by atoms with Gasteiger partial charge in [0.15, 0.2) is 0 Å². The number of nitrogens with one attached hydrogen (secondary N) is 3. The standard InChI is InChI=1S/C100H112N12O15/c1-64-79(82-55-76(122-7)46-49-85(82)104-64)58-91(113)110(98(119)125-61-67-25-13-10-14-26-67)88(31-19-22-52-101)95(116)107(4)73-40-34-70(35-41-73)94(71-36-42-74(43-37-71)108(5)96(117)89(32-20-23-53-102)111(99(120)126-62-68-27-15-11-16-28-68)92(114)59-80-65(2)105-86-50-47-77(123-8)56-83(80)86)72-38-44-75(45-39-72)109(6)97(118)90(33-21-24-54-103)112(100(121)127-63-69-29-17-12-18-30-69)93(115)60-81-66(3)106-87-51-48-78(124-9)57-84(81)87/h10-18,25-30,34-51,55-57,88-90,94,104-106H,19-24,31-33,52-54,58-63,101-103H2,1-9H3/t88-,89-,90-/m1/s1. The average Bonchev–Trinajstić information content (AvgIpc) is 1.50. The second-order valence-electron chi connectivity index (χ2n) is 31.7. The molecule has 9 amide bonds. The molecule has 127 heavy (non-hydrogen) atoms. The number of methoxy groups -OCH3 is 3. The Balaban J connectivity index is 0.905. The van der Waals surface area contributed by atoms with E-state index in [0.29, 0.717) is 156 Å². The van der Waals surface area contributed by atoms with Gasteiger partial charge < -0.3 is 75.3 Å². The van der Waals surface area contributed by atoms with Crippen molar-refractivity contribution in [1.82, 2.24) is 29.7 Å². The van der Waals surface area contributed by atoms with Gasteiger partial charge in [0.2, 0.25) is 35.4 Å². The number of amides is 9. The number of ether oxygens (including phenoxy) is 6. The number of anilines is 3. The first-order chi connectivity index (χ1) is 61.4. The number of carbonyl (C=O) groups excluding carboxylic acids is 9. The number of carbonyl (C=O) groups is 9. The first kappa shape index (κ1) is 92.3. The highest BCUT2D eigenvalue weighted by atomic mass is 16.6. The van der Waals surface area contributed by atoms with Crippen LogP contribution in [0.15, 0.2) is 218 Å². The molecule has 12 aromatic rings. The van der Waals surface area contributed by atoms with E-state index in [9.17, 15) is 14.4 Å². The molecule has 0 fully saturated rings. The van der Waals surface area contributed by atoms with Crippen molar-refractivity contribution in [2.75, 3.05) is 76.8 Å². The lowest BCUT2D eigenvalue weighted by Crippen LogP contribution is -2.53. The Morgan fingerprint density at radius 2 is 0.583 bits per heavy atom. The van der Waals surface area contributed by atoms with Crippen molar-refractivity contribution in [3.05, 3.63) is 286 Å². The van der Waals surface area contributed by atoms with Crippen LogP contribution in [0, 0.1) is 20.8 Å². The number of fused-ring (bicyclic) bond motifs is 3. The van der Waals surface area contributed by atoms with Gasteiger partial charge in [-0.2, -0.15) is 0 Å². The molecule has 0 bridgehead atoms. The van der Waals surface area contributed by atoms with Gasteiger partial charge in [0.05, 0.1) is 40.6 Å². The maximum atomic E-state index is 15.6. The molecule has 0 radical (unpaired) electrons. The predicted molar refractivity (Wildman–Crippen MR) is 491 cm³/mol. The summed E-state index contributed by atoms with van der Waals surface area (Å²) in [4.78, 5) is 154. The van der Waals surface area contributed by atoms with Crippen molar-refractivity contribution in [1.29, 1.82) is 0 Å². The van der Waals surface area contributed by atoms with Gasteiger partial charge in [-0.15, -0.1) is 0 Å². The van der Waals surface area contributed by atoms with Crippen LogP contribution in [0.5, 0.6) is 17.2 Å². The molecule has 662 valence electrons. The number of H-pyrrole nitrogens is 3. The van der Waals surface area contributed by atoms with Gasteiger partial charge in [-0.1, -0.05) is 127 Å². The Labute approximate surface area is 739 Å². The summed E-state index contributed by atoms with van der Waals surface area (Å²) in [6.07, 6.45) is -1.20. The van der Waals surface area contributed by atoms with Crippen molar-refractivity contribution in [2.24, 2.45) is 17.2 Å². The molecule has 9 N–H and O–H groups in total. The highest BCUT2D eigenvalue weighted by Gasteiger charge is 2.42. The zero-order valence-corrected chi connectivity index (χ0v) is 73.4. The van der Waals surface area contributed by atoms with Crippen molar-refractivity contribution < 1.29 is 71.6 Å². The van der Waals surface area contributed by atoms with E-state index >= 15 is 28.8 Å². The van der Waals surface area contributed by atoms with E-state index in [1.165, 1.54) is 14.7 Å². The summed E-state index contributed by atoms with van der Waals surface area (Å²) in [5.41, 5.74) is 29.6. The number of aromatic amines is 3. The lowest BCUT2D eigenvalue weighted by molar-refractivity contribution is -0.137. The van der Waals surface area contributed by atoms with Crippen LogP contribution in [0.3, 0.4) is 0 Å². The Morgan fingerprint density at radius 1 is 0.331 bits per heavy atom. The maximum absolute atomic E-state index is 15.6. The third-order valence-corrected chi connectivity index (χ3v) is 23.4. The third kappa shape index (κ3) is 22.3. The molecule has 9 aromatic carbocycles. The van der Waals surface area contributed by atoms with Crippen molar-refractivity contribution in [2.45, 2.75) is 142 Å². The van der Waals surface area contributed by atoms with Crippen LogP contribution < -0.4 is 46.1 Å². The smallest absolute Gasteiger partial charge is 0.417 e. The minimum absolute atomic E-state index is 0.0455. The van der Waals surface area contributed by atoms with Gasteiger partial charge in [-0.3, -0.25) is 28.8 Å². The number of nitrogens with two attached hydrogens (primary N) is 3. The fourth-order valence-electron chi connectivity index (χ4n) is 16.3. The number of benzene rings is 9. The number of aromatic nitrogens is 3. The monoisotopic (exact) mass is 1720 g/mol. The first-order valence-corrected chi connectivity index (χ1v) is 42.7. The van der Waals surface area contributed by atoms with Crippen molar-refractivity contribution >= 4 is 103 Å².